The molecule has 5 nitrogen and oxygen atoms in total. The van der Waals surface area contributed by atoms with E-state index >= 15 is 0 Å². The second-order valence-electron chi connectivity index (χ2n) is 7.20. The summed E-state index contributed by atoms with van der Waals surface area (Å²) in [5.41, 5.74) is 1.80. The second-order valence-corrected chi connectivity index (χ2v) is 7.20. The van der Waals surface area contributed by atoms with Crippen LogP contribution in [0.2, 0.25) is 0 Å². The molecule has 1 aliphatic carbocycles. The third-order valence-electron chi connectivity index (χ3n) is 5.55. The van der Waals surface area contributed by atoms with Crippen LogP contribution >= 0.6 is 0 Å². The van der Waals surface area contributed by atoms with Crippen molar-refractivity contribution in [2.24, 2.45) is 5.92 Å². The maximum atomic E-state index is 12.6. The number of benzene rings is 1. The fraction of sp³-hybridized carbons (Fsp3) is 0.500. The van der Waals surface area contributed by atoms with Gasteiger partial charge in [-0.05, 0) is 50.1 Å². The topological polar surface area (TPSA) is 58.4 Å². The van der Waals surface area contributed by atoms with Crippen molar-refractivity contribution in [1.29, 1.82) is 0 Å². The molecule has 1 aromatic heterocycles. The summed E-state index contributed by atoms with van der Waals surface area (Å²) in [4.78, 5) is 19.1. The number of likely N-dealkylation sites (tertiary alicyclic amines) is 1. The lowest BCUT2D eigenvalue weighted by Gasteiger charge is -2.30. The van der Waals surface area contributed by atoms with E-state index in [9.17, 15) is 4.79 Å². The second kappa shape index (κ2) is 7.40. The van der Waals surface area contributed by atoms with Gasteiger partial charge in [0.15, 0.2) is 12.2 Å². The monoisotopic (exact) mass is 339 g/mol. The third kappa shape index (κ3) is 3.76. The Labute approximate surface area is 148 Å². The number of rotatable bonds is 4. The molecule has 1 aliphatic heterocycles. The SMILES string of the molecule is O=C(Nc1ccc(-c2cnco2)cc1)C1CCN(C2CCCCC2)C1. The first-order chi connectivity index (χ1) is 12.3. The van der Waals surface area contributed by atoms with Gasteiger partial charge < -0.3 is 9.73 Å². The van der Waals surface area contributed by atoms with Gasteiger partial charge in [-0.1, -0.05) is 19.3 Å². The lowest BCUT2D eigenvalue weighted by molar-refractivity contribution is -0.119. The van der Waals surface area contributed by atoms with Crippen molar-refractivity contribution < 1.29 is 9.21 Å². The normalized spacial score (nSPS) is 22.2. The Morgan fingerprint density at radius 3 is 2.64 bits per heavy atom. The summed E-state index contributed by atoms with van der Waals surface area (Å²) >= 11 is 0. The van der Waals surface area contributed by atoms with Crippen LogP contribution in [0.1, 0.15) is 38.5 Å². The van der Waals surface area contributed by atoms with Crippen molar-refractivity contribution in [3.05, 3.63) is 36.9 Å². The van der Waals surface area contributed by atoms with E-state index in [4.69, 9.17) is 4.42 Å². The Kier molecular flexibility index (Phi) is 4.83. The predicted molar refractivity (Wildman–Crippen MR) is 97.1 cm³/mol. The van der Waals surface area contributed by atoms with Crippen molar-refractivity contribution in [3.63, 3.8) is 0 Å². The van der Waals surface area contributed by atoms with Crippen molar-refractivity contribution in [2.45, 2.75) is 44.6 Å². The van der Waals surface area contributed by atoms with Gasteiger partial charge in [-0.3, -0.25) is 9.69 Å². The Bertz CT molecular complexity index is 690. The molecule has 1 amide bonds. The molecule has 1 atom stereocenters. The molecule has 1 saturated carbocycles. The molecule has 1 unspecified atom stereocenters. The van der Waals surface area contributed by atoms with Crippen molar-refractivity contribution in [2.75, 3.05) is 18.4 Å². The number of aromatic nitrogens is 1. The van der Waals surface area contributed by atoms with Crippen LogP contribution in [-0.2, 0) is 4.79 Å². The van der Waals surface area contributed by atoms with Gasteiger partial charge in [0, 0.05) is 23.8 Å². The first-order valence-electron chi connectivity index (χ1n) is 9.33. The molecule has 2 fully saturated rings. The van der Waals surface area contributed by atoms with Crippen molar-refractivity contribution in [1.82, 2.24) is 9.88 Å². The van der Waals surface area contributed by atoms with Crippen LogP contribution < -0.4 is 5.32 Å². The minimum Gasteiger partial charge on any atom is -0.444 e. The molecule has 25 heavy (non-hydrogen) atoms. The Morgan fingerprint density at radius 1 is 1.12 bits per heavy atom. The zero-order chi connectivity index (χ0) is 17.1. The smallest absolute Gasteiger partial charge is 0.228 e. The minimum absolute atomic E-state index is 0.107. The van der Waals surface area contributed by atoms with Crippen LogP contribution in [0, 0.1) is 5.92 Å². The fourth-order valence-electron chi connectivity index (χ4n) is 4.10. The van der Waals surface area contributed by atoms with E-state index in [1.54, 1.807) is 6.20 Å². The van der Waals surface area contributed by atoms with E-state index in [1.807, 2.05) is 24.3 Å². The maximum absolute atomic E-state index is 12.6. The number of hydrogen-bond donors (Lipinski definition) is 1. The number of amides is 1. The molecule has 0 radical (unpaired) electrons. The van der Waals surface area contributed by atoms with Gasteiger partial charge in [-0.2, -0.15) is 0 Å². The first kappa shape index (κ1) is 16.3. The van der Waals surface area contributed by atoms with Gasteiger partial charge in [0.05, 0.1) is 12.1 Å². The Morgan fingerprint density at radius 2 is 1.92 bits per heavy atom. The summed E-state index contributed by atoms with van der Waals surface area (Å²) in [6.45, 7) is 1.97. The average Bonchev–Trinajstić information content (AvgIpc) is 3.35. The summed E-state index contributed by atoms with van der Waals surface area (Å²) in [5.74, 6) is 0.985. The minimum atomic E-state index is 0.107. The number of anilines is 1. The summed E-state index contributed by atoms with van der Waals surface area (Å²) in [6, 6.07) is 8.43. The molecule has 1 saturated heterocycles. The number of nitrogens with one attached hydrogen (secondary N) is 1. The van der Waals surface area contributed by atoms with Gasteiger partial charge in [0.25, 0.3) is 0 Å². The van der Waals surface area contributed by atoms with Gasteiger partial charge in [0.1, 0.15) is 0 Å². The summed E-state index contributed by atoms with van der Waals surface area (Å²) < 4.78 is 5.29. The van der Waals surface area contributed by atoms with Crippen molar-refractivity contribution >= 4 is 11.6 Å². The largest absolute Gasteiger partial charge is 0.444 e. The zero-order valence-electron chi connectivity index (χ0n) is 14.5. The molecular formula is C20H25N3O2. The molecule has 2 aromatic rings. The van der Waals surface area contributed by atoms with Gasteiger partial charge >= 0.3 is 0 Å². The molecule has 2 heterocycles. The molecule has 2 aliphatic rings. The summed E-state index contributed by atoms with van der Waals surface area (Å²) in [7, 11) is 0. The van der Waals surface area contributed by atoms with Gasteiger partial charge in [-0.25, -0.2) is 4.98 Å². The number of hydrogen-bond acceptors (Lipinski definition) is 4. The van der Waals surface area contributed by atoms with E-state index in [0.717, 1.165) is 36.5 Å². The quantitative estimate of drug-likeness (QED) is 0.917. The molecule has 1 aromatic carbocycles. The van der Waals surface area contributed by atoms with Gasteiger partial charge in [0.2, 0.25) is 5.91 Å². The van der Waals surface area contributed by atoms with E-state index in [2.05, 4.69) is 15.2 Å². The molecular weight excluding hydrogens is 314 g/mol. The third-order valence-corrected chi connectivity index (χ3v) is 5.55. The number of carbonyl (C=O) groups is 1. The highest BCUT2D eigenvalue weighted by atomic mass is 16.3. The van der Waals surface area contributed by atoms with Crippen molar-refractivity contribution in [3.8, 4) is 11.3 Å². The van der Waals surface area contributed by atoms with Crippen LogP contribution in [-0.4, -0.2) is 34.9 Å². The van der Waals surface area contributed by atoms with E-state index < -0.39 is 0 Å². The van der Waals surface area contributed by atoms with E-state index in [1.165, 1.54) is 38.5 Å². The van der Waals surface area contributed by atoms with Crippen LogP contribution in [0.3, 0.4) is 0 Å². The molecule has 132 valence electrons. The first-order valence-corrected chi connectivity index (χ1v) is 9.33. The number of carbonyl (C=O) groups excluding carboxylic acids is 1. The highest BCUT2D eigenvalue weighted by Crippen LogP contribution is 2.28. The highest BCUT2D eigenvalue weighted by molar-refractivity contribution is 5.93. The predicted octanol–water partition coefficient (Wildman–Crippen LogP) is 3.93. The van der Waals surface area contributed by atoms with Crippen LogP contribution in [0.15, 0.2) is 41.3 Å². The number of nitrogens with zero attached hydrogens (tertiary/aromatic N) is 2. The Balaban J connectivity index is 1.33. The maximum Gasteiger partial charge on any atom is 0.228 e. The molecule has 0 spiro atoms. The molecule has 1 N–H and O–H groups in total. The summed E-state index contributed by atoms with van der Waals surface area (Å²) in [5, 5.41) is 3.07. The van der Waals surface area contributed by atoms with Gasteiger partial charge in [-0.15, -0.1) is 0 Å². The zero-order valence-corrected chi connectivity index (χ0v) is 14.5. The lowest BCUT2D eigenvalue weighted by atomic mass is 9.94. The Hall–Kier alpha value is -2.14. The molecule has 5 heteroatoms. The van der Waals surface area contributed by atoms with Crippen LogP contribution in [0.5, 0.6) is 0 Å². The van der Waals surface area contributed by atoms with Crippen LogP contribution in [0.25, 0.3) is 11.3 Å². The lowest BCUT2D eigenvalue weighted by Crippen LogP contribution is -2.36. The highest BCUT2D eigenvalue weighted by Gasteiger charge is 2.32. The average molecular weight is 339 g/mol. The summed E-state index contributed by atoms with van der Waals surface area (Å²) in [6.07, 6.45) is 10.7. The number of oxazole rings is 1. The fourth-order valence-corrected chi connectivity index (χ4v) is 4.10. The standard InChI is InChI=1S/C20H25N3O2/c24-20(16-10-11-23(13-16)18-4-2-1-3-5-18)22-17-8-6-15(7-9-17)19-12-21-14-25-19/h6-9,12,14,16,18H,1-5,10-11,13H2,(H,22,24). The van der Waals surface area contributed by atoms with Crippen LogP contribution in [0.4, 0.5) is 5.69 Å². The molecule has 4 rings (SSSR count). The molecule has 0 bridgehead atoms. The van der Waals surface area contributed by atoms with E-state index in [-0.39, 0.29) is 11.8 Å². The van der Waals surface area contributed by atoms with E-state index in [0.29, 0.717) is 6.04 Å².